The zero-order chi connectivity index (χ0) is 10.6. The van der Waals surface area contributed by atoms with E-state index in [1.54, 1.807) is 11.3 Å². The highest BCUT2D eigenvalue weighted by atomic mass is 32.1. The Bertz CT molecular complexity index is 350. The Hall–Kier alpha value is -1.09. The summed E-state index contributed by atoms with van der Waals surface area (Å²) in [5.41, 5.74) is 0.960. The van der Waals surface area contributed by atoms with Gasteiger partial charge >= 0.3 is 5.97 Å². The van der Waals surface area contributed by atoms with Gasteiger partial charge in [0.1, 0.15) is 0 Å². The van der Waals surface area contributed by atoms with Gasteiger partial charge in [-0.05, 0) is 31.1 Å². The molecule has 0 spiro atoms. The van der Waals surface area contributed by atoms with Crippen molar-refractivity contribution in [2.45, 2.75) is 20.3 Å². The lowest BCUT2D eigenvalue weighted by atomic mass is 10.2. The molecule has 1 heterocycles. The third kappa shape index (κ3) is 2.70. The van der Waals surface area contributed by atoms with Gasteiger partial charge in [-0.3, -0.25) is 0 Å². The molecule has 0 aliphatic rings. The molecule has 0 atom stereocenters. The Morgan fingerprint density at radius 1 is 1.57 bits per heavy atom. The molecule has 0 N–H and O–H groups in total. The smallest absolute Gasteiger partial charge is 0.330 e. The molecule has 1 aromatic heterocycles. The minimum atomic E-state index is -0.297. The van der Waals surface area contributed by atoms with Crippen molar-refractivity contribution in [3.8, 4) is 0 Å². The topological polar surface area (TPSA) is 26.3 Å². The van der Waals surface area contributed by atoms with Crippen LogP contribution < -0.4 is 0 Å². The molecule has 1 aromatic rings. The van der Waals surface area contributed by atoms with Gasteiger partial charge in [0.05, 0.1) is 7.11 Å². The van der Waals surface area contributed by atoms with E-state index in [0.29, 0.717) is 0 Å². The van der Waals surface area contributed by atoms with Crippen LogP contribution in [-0.2, 0) is 16.0 Å². The third-order valence-electron chi connectivity index (χ3n) is 1.93. The van der Waals surface area contributed by atoms with Crippen molar-refractivity contribution in [3.63, 3.8) is 0 Å². The van der Waals surface area contributed by atoms with Gasteiger partial charge in [0, 0.05) is 15.8 Å². The molecule has 1 rings (SSSR count). The molecule has 0 unspecified atom stereocenters. The maximum absolute atomic E-state index is 11.0. The summed E-state index contributed by atoms with van der Waals surface area (Å²) in [6.07, 6.45) is 2.56. The van der Waals surface area contributed by atoms with Crippen molar-refractivity contribution in [2.24, 2.45) is 0 Å². The second-order valence-electron chi connectivity index (χ2n) is 2.97. The van der Waals surface area contributed by atoms with Gasteiger partial charge in [0.15, 0.2) is 0 Å². The molecule has 0 aliphatic carbocycles. The van der Waals surface area contributed by atoms with E-state index in [1.807, 2.05) is 13.0 Å². The van der Waals surface area contributed by atoms with Crippen LogP contribution in [0.4, 0.5) is 0 Å². The van der Waals surface area contributed by atoms with Crippen LogP contribution in [0.5, 0.6) is 0 Å². The highest BCUT2D eigenvalue weighted by molar-refractivity contribution is 7.13. The van der Waals surface area contributed by atoms with Crippen LogP contribution in [0.1, 0.15) is 23.6 Å². The quantitative estimate of drug-likeness (QED) is 0.566. The van der Waals surface area contributed by atoms with Crippen LogP contribution in [0.2, 0.25) is 0 Å². The fourth-order valence-corrected chi connectivity index (χ4v) is 2.01. The number of methoxy groups -OCH3 is 1. The summed E-state index contributed by atoms with van der Waals surface area (Å²) in [4.78, 5) is 13.4. The van der Waals surface area contributed by atoms with Gasteiger partial charge in [-0.15, -0.1) is 11.3 Å². The lowest BCUT2D eigenvalue weighted by molar-refractivity contribution is -0.134. The zero-order valence-electron chi connectivity index (χ0n) is 8.66. The van der Waals surface area contributed by atoms with Gasteiger partial charge < -0.3 is 4.74 Å². The molecule has 2 nitrogen and oxygen atoms in total. The van der Waals surface area contributed by atoms with Crippen LogP contribution in [0.25, 0.3) is 5.57 Å². The molecule has 0 aromatic carbocycles. The molecule has 0 saturated carbocycles. The Kier molecular flexibility index (Phi) is 3.89. The van der Waals surface area contributed by atoms with Crippen LogP contribution in [0.3, 0.4) is 0 Å². The number of allylic oxidation sites excluding steroid dienone is 1. The molecule has 0 amide bonds. The number of hydrogen-bond donors (Lipinski definition) is 0. The average molecular weight is 210 g/mol. The zero-order valence-corrected chi connectivity index (χ0v) is 9.48. The third-order valence-corrected chi connectivity index (χ3v) is 3.30. The number of rotatable bonds is 3. The number of aryl methyl sites for hydroxylation is 1. The molecule has 0 saturated heterocycles. The van der Waals surface area contributed by atoms with E-state index < -0.39 is 0 Å². The molecule has 0 aliphatic heterocycles. The number of hydrogen-bond acceptors (Lipinski definition) is 3. The summed E-state index contributed by atoms with van der Waals surface area (Å²) in [5.74, 6) is -0.297. The summed E-state index contributed by atoms with van der Waals surface area (Å²) in [6, 6.07) is 4.13. The summed E-state index contributed by atoms with van der Waals surface area (Å²) in [7, 11) is 1.39. The molecule has 3 heteroatoms. The largest absolute Gasteiger partial charge is 0.466 e. The summed E-state index contributed by atoms with van der Waals surface area (Å²) < 4.78 is 4.56. The molecule has 0 bridgehead atoms. The first-order valence-electron chi connectivity index (χ1n) is 4.52. The van der Waals surface area contributed by atoms with E-state index in [9.17, 15) is 4.79 Å². The van der Waals surface area contributed by atoms with E-state index >= 15 is 0 Å². The van der Waals surface area contributed by atoms with Crippen LogP contribution in [0, 0.1) is 0 Å². The highest BCUT2D eigenvalue weighted by Gasteiger charge is 2.02. The van der Waals surface area contributed by atoms with E-state index in [2.05, 4.69) is 17.7 Å². The van der Waals surface area contributed by atoms with Gasteiger partial charge in [-0.25, -0.2) is 4.79 Å². The fraction of sp³-hybridized carbons (Fsp3) is 0.364. The Labute approximate surface area is 88.2 Å². The van der Waals surface area contributed by atoms with Gasteiger partial charge in [0.25, 0.3) is 0 Å². The second-order valence-corrected chi connectivity index (χ2v) is 4.14. The van der Waals surface area contributed by atoms with Crippen LogP contribution in [0.15, 0.2) is 18.2 Å². The number of thiophene rings is 1. The van der Waals surface area contributed by atoms with Gasteiger partial charge in [-0.1, -0.05) is 6.92 Å². The number of esters is 1. The highest BCUT2D eigenvalue weighted by Crippen LogP contribution is 2.24. The first-order chi connectivity index (χ1) is 6.67. The van der Waals surface area contributed by atoms with Gasteiger partial charge in [0.2, 0.25) is 0 Å². The molecular formula is C11H14O2S. The minimum Gasteiger partial charge on any atom is -0.466 e. The van der Waals surface area contributed by atoms with E-state index in [0.717, 1.165) is 16.9 Å². The van der Waals surface area contributed by atoms with Crippen molar-refractivity contribution in [1.29, 1.82) is 0 Å². The molecule has 76 valence electrons. The minimum absolute atomic E-state index is 0.297. The normalized spacial score (nSPS) is 11.5. The number of carbonyl (C=O) groups excluding carboxylic acids is 1. The first-order valence-corrected chi connectivity index (χ1v) is 5.34. The maximum atomic E-state index is 11.0. The summed E-state index contributed by atoms with van der Waals surface area (Å²) in [5, 5.41) is 0. The Morgan fingerprint density at radius 2 is 2.29 bits per heavy atom. The van der Waals surface area contributed by atoms with E-state index in [-0.39, 0.29) is 5.97 Å². The number of ether oxygens (including phenoxy) is 1. The summed E-state index contributed by atoms with van der Waals surface area (Å²) in [6.45, 7) is 4.04. The van der Waals surface area contributed by atoms with E-state index in [1.165, 1.54) is 18.1 Å². The van der Waals surface area contributed by atoms with Crippen LogP contribution >= 0.6 is 11.3 Å². The molecule has 0 fully saturated rings. The second kappa shape index (κ2) is 4.96. The predicted molar refractivity (Wildman–Crippen MR) is 59.4 cm³/mol. The summed E-state index contributed by atoms with van der Waals surface area (Å²) >= 11 is 1.72. The van der Waals surface area contributed by atoms with Crippen molar-refractivity contribution >= 4 is 22.9 Å². The van der Waals surface area contributed by atoms with Crippen molar-refractivity contribution in [3.05, 3.63) is 28.0 Å². The predicted octanol–water partition coefficient (Wildman–Crippen LogP) is 2.89. The fourth-order valence-electron chi connectivity index (χ4n) is 1.09. The molecule has 14 heavy (non-hydrogen) atoms. The lowest BCUT2D eigenvalue weighted by Crippen LogP contribution is -1.94. The van der Waals surface area contributed by atoms with Crippen molar-refractivity contribution in [2.75, 3.05) is 7.11 Å². The molecule has 0 radical (unpaired) electrons. The van der Waals surface area contributed by atoms with Crippen molar-refractivity contribution in [1.82, 2.24) is 0 Å². The SMILES string of the molecule is CCc1ccc(/C(C)=C/C(=O)OC)s1. The lowest BCUT2D eigenvalue weighted by Gasteiger charge is -1.95. The number of carbonyl (C=O) groups is 1. The van der Waals surface area contributed by atoms with Crippen LogP contribution in [-0.4, -0.2) is 13.1 Å². The standard InChI is InChI=1S/C11H14O2S/c1-4-9-5-6-10(14-9)8(2)7-11(12)13-3/h5-7H,4H2,1-3H3/b8-7+. The van der Waals surface area contributed by atoms with E-state index in [4.69, 9.17) is 0 Å². The average Bonchev–Trinajstić information content (AvgIpc) is 2.65. The molecular weight excluding hydrogens is 196 g/mol. The maximum Gasteiger partial charge on any atom is 0.330 e. The van der Waals surface area contributed by atoms with Gasteiger partial charge in [-0.2, -0.15) is 0 Å². The Morgan fingerprint density at radius 3 is 2.79 bits per heavy atom. The monoisotopic (exact) mass is 210 g/mol. The first kappa shape index (κ1) is 11.0. The van der Waals surface area contributed by atoms with Crippen molar-refractivity contribution < 1.29 is 9.53 Å². The Balaban J connectivity index is 2.83.